The lowest BCUT2D eigenvalue weighted by atomic mass is 10.1. The second-order valence-electron chi connectivity index (χ2n) is 5.99. The first-order valence-electron chi connectivity index (χ1n) is 8.26. The fraction of sp³-hybridized carbons (Fsp3) is 0.0476. The third-order valence-electron chi connectivity index (χ3n) is 4.10. The van der Waals surface area contributed by atoms with Crippen LogP contribution in [0.25, 0.3) is 22.3 Å². The van der Waals surface area contributed by atoms with E-state index in [1.807, 2.05) is 12.1 Å². The Bertz CT molecular complexity index is 1190. The number of fused-ring (bicyclic) bond motifs is 1. The minimum atomic E-state index is -0.442. The van der Waals surface area contributed by atoms with Gasteiger partial charge < -0.3 is 9.72 Å². The first-order chi connectivity index (χ1) is 13.1. The molecule has 3 aromatic carbocycles. The molecule has 0 bridgehead atoms. The Morgan fingerprint density at radius 3 is 2.74 bits per heavy atom. The Hall–Kier alpha value is -3.18. The van der Waals surface area contributed by atoms with Crippen LogP contribution in [0.4, 0.5) is 4.39 Å². The van der Waals surface area contributed by atoms with E-state index in [9.17, 15) is 9.18 Å². The zero-order valence-corrected chi connectivity index (χ0v) is 14.8. The lowest BCUT2D eigenvalue weighted by Gasteiger charge is -2.12. The van der Waals surface area contributed by atoms with Gasteiger partial charge in [0.1, 0.15) is 24.0 Å². The molecule has 4 aromatic rings. The quantitative estimate of drug-likeness (QED) is 0.544. The SMILES string of the molecule is O=c1[nH]c(-c2ccc(F)cc2OCc2cccc(Cl)c2)nc2ccccc12. The van der Waals surface area contributed by atoms with Crippen LogP contribution in [-0.2, 0) is 6.61 Å². The van der Waals surface area contributed by atoms with Gasteiger partial charge in [-0.3, -0.25) is 4.79 Å². The van der Waals surface area contributed by atoms with Gasteiger partial charge in [-0.2, -0.15) is 0 Å². The lowest BCUT2D eigenvalue weighted by molar-refractivity contribution is 0.306. The molecule has 0 aliphatic heterocycles. The minimum Gasteiger partial charge on any atom is -0.488 e. The van der Waals surface area contributed by atoms with Crippen LogP contribution in [0.1, 0.15) is 5.56 Å². The molecule has 0 radical (unpaired) electrons. The number of H-pyrrole nitrogens is 1. The Morgan fingerprint density at radius 2 is 1.89 bits per heavy atom. The van der Waals surface area contributed by atoms with Crippen molar-refractivity contribution in [1.82, 2.24) is 9.97 Å². The summed E-state index contributed by atoms with van der Waals surface area (Å²) in [6.07, 6.45) is 0. The van der Waals surface area contributed by atoms with Crippen LogP contribution in [0.5, 0.6) is 5.75 Å². The molecule has 0 saturated heterocycles. The number of benzene rings is 3. The fourth-order valence-electron chi connectivity index (χ4n) is 2.81. The summed E-state index contributed by atoms with van der Waals surface area (Å²) in [5.74, 6) is 0.163. The predicted octanol–water partition coefficient (Wildman–Crippen LogP) is 4.96. The molecule has 0 saturated carbocycles. The highest BCUT2D eigenvalue weighted by atomic mass is 35.5. The molecule has 6 heteroatoms. The molecule has 4 nitrogen and oxygen atoms in total. The number of rotatable bonds is 4. The summed E-state index contributed by atoms with van der Waals surface area (Å²) in [6, 6.07) is 18.4. The van der Waals surface area contributed by atoms with Crippen molar-refractivity contribution in [2.45, 2.75) is 6.61 Å². The van der Waals surface area contributed by atoms with Crippen LogP contribution in [0.3, 0.4) is 0 Å². The molecule has 0 aliphatic carbocycles. The maximum absolute atomic E-state index is 13.8. The Labute approximate surface area is 159 Å². The van der Waals surface area contributed by atoms with Crippen LogP contribution in [0, 0.1) is 5.82 Å². The number of halogens is 2. The van der Waals surface area contributed by atoms with Crippen molar-refractivity contribution in [2.75, 3.05) is 0 Å². The van der Waals surface area contributed by atoms with Gasteiger partial charge in [-0.05, 0) is 42.0 Å². The zero-order valence-electron chi connectivity index (χ0n) is 14.1. The molecule has 27 heavy (non-hydrogen) atoms. The van der Waals surface area contributed by atoms with Gasteiger partial charge in [0.2, 0.25) is 0 Å². The van der Waals surface area contributed by atoms with Gasteiger partial charge in [0.15, 0.2) is 0 Å². The fourth-order valence-corrected chi connectivity index (χ4v) is 3.03. The molecule has 1 N–H and O–H groups in total. The van der Waals surface area contributed by atoms with E-state index in [1.54, 1.807) is 36.4 Å². The molecule has 0 amide bonds. The van der Waals surface area contributed by atoms with Gasteiger partial charge in [0.25, 0.3) is 5.56 Å². The highest BCUT2D eigenvalue weighted by Gasteiger charge is 2.13. The first-order valence-corrected chi connectivity index (χ1v) is 8.64. The average molecular weight is 381 g/mol. The molecule has 1 aromatic heterocycles. The van der Waals surface area contributed by atoms with Crippen LogP contribution in [0.15, 0.2) is 71.5 Å². The van der Waals surface area contributed by atoms with Crippen LogP contribution >= 0.6 is 11.6 Å². The van der Waals surface area contributed by atoms with Gasteiger partial charge in [-0.25, -0.2) is 9.37 Å². The summed E-state index contributed by atoms with van der Waals surface area (Å²) in [7, 11) is 0. The third-order valence-corrected chi connectivity index (χ3v) is 4.33. The highest BCUT2D eigenvalue weighted by Crippen LogP contribution is 2.29. The predicted molar refractivity (Wildman–Crippen MR) is 104 cm³/mol. The standard InChI is InChI=1S/C21H14ClFN2O2/c22-14-5-3-4-13(10-14)12-27-19-11-15(23)8-9-17(19)20-24-18-7-2-1-6-16(18)21(26)25-20/h1-11H,12H2,(H,24,25,26). The normalized spacial score (nSPS) is 10.9. The van der Waals surface area contributed by atoms with Crippen molar-refractivity contribution < 1.29 is 9.13 Å². The monoisotopic (exact) mass is 380 g/mol. The van der Waals surface area contributed by atoms with Gasteiger partial charge in [-0.15, -0.1) is 0 Å². The molecule has 4 rings (SSSR count). The van der Waals surface area contributed by atoms with Crippen molar-refractivity contribution in [3.63, 3.8) is 0 Å². The molecular formula is C21H14ClFN2O2. The number of aromatic nitrogens is 2. The summed E-state index contributed by atoms with van der Waals surface area (Å²) in [5.41, 5.74) is 1.64. The van der Waals surface area contributed by atoms with E-state index in [1.165, 1.54) is 18.2 Å². The zero-order chi connectivity index (χ0) is 18.8. The molecule has 0 fully saturated rings. The summed E-state index contributed by atoms with van der Waals surface area (Å²) >= 11 is 5.99. The second kappa shape index (κ2) is 7.21. The average Bonchev–Trinajstić information content (AvgIpc) is 2.66. The highest BCUT2D eigenvalue weighted by molar-refractivity contribution is 6.30. The van der Waals surface area contributed by atoms with Gasteiger partial charge in [0.05, 0.1) is 16.5 Å². The maximum atomic E-state index is 13.8. The number of ether oxygens (including phenoxy) is 1. The van der Waals surface area contributed by atoms with Crippen LogP contribution < -0.4 is 10.3 Å². The molecule has 0 spiro atoms. The molecular weight excluding hydrogens is 367 g/mol. The van der Waals surface area contributed by atoms with Gasteiger partial charge in [-0.1, -0.05) is 35.9 Å². The Kier molecular flexibility index (Phi) is 4.60. The van der Waals surface area contributed by atoms with Crippen molar-refractivity contribution in [3.8, 4) is 17.1 Å². The smallest absolute Gasteiger partial charge is 0.259 e. The number of nitrogens with one attached hydrogen (secondary N) is 1. The molecule has 1 heterocycles. The molecule has 134 valence electrons. The van der Waals surface area contributed by atoms with Crippen LogP contribution in [-0.4, -0.2) is 9.97 Å². The number of nitrogens with zero attached hydrogens (tertiary/aromatic N) is 1. The number of hydrogen-bond acceptors (Lipinski definition) is 3. The molecule has 0 aliphatic rings. The number of aromatic amines is 1. The van der Waals surface area contributed by atoms with Crippen molar-refractivity contribution in [3.05, 3.63) is 93.5 Å². The van der Waals surface area contributed by atoms with E-state index >= 15 is 0 Å². The van der Waals surface area contributed by atoms with E-state index in [0.717, 1.165) is 5.56 Å². The summed E-state index contributed by atoms with van der Waals surface area (Å²) in [4.78, 5) is 19.6. The van der Waals surface area contributed by atoms with Crippen molar-refractivity contribution in [2.24, 2.45) is 0 Å². The van der Waals surface area contributed by atoms with Gasteiger partial charge >= 0.3 is 0 Å². The van der Waals surface area contributed by atoms with Gasteiger partial charge in [0, 0.05) is 11.1 Å². The number of hydrogen-bond donors (Lipinski definition) is 1. The van der Waals surface area contributed by atoms with Crippen molar-refractivity contribution in [1.29, 1.82) is 0 Å². The first kappa shape index (κ1) is 17.2. The summed E-state index contributed by atoms with van der Waals surface area (Å²) in [6.45, 7) is 0.203. The Balaban J connectivity index is 1.74. The largest absolute Gasteiger partial charge is 0.488 e. The second-order valence-corrected chi connectivity index (χ2v) is 6.43. The van der Waals surface area contributed by atoms with Crippen LogP contribution in [0.2, 0.25) is 5.02 Å². The minimum absolute atomic E-state index is 0.203. The van der Waals surface area contributed by atoms with E-state index in [4.69, 9.17) is 16.3 Å². The molecule has 0 unspecified atom stereocenters. The summed E-state index contributed by atoms with van der Waals surface area (Å²) in [5, 5.41) is 1.08. The number of para-hydroxylation sites is 1. The third kappa shape index (κ3) is 3.68. The van der Waals surface area contributed by atoms with E-state index < -0.39 is 5.82 Å². The maximum Gasteiger partial charge on any atom is 0.259 e. The van der Waals surface area contributed by atoms with E-state index in [2.05, 4.69) is 9.97 Å². The topological polar surface area (TPSA) is 55.0 Å². The molecule has 0 atom stereocenters. The lowest BCUT2D eigenvalue weighted by Crippen LogP contribution is -2.10. The summed E-state index contributed by atoms with van der Waals surface area (Å²) < 4.78 is 19.6. The van der Waals surface area contributed by atoms with E-state index in [0.29, 0.717) is 27.3 Å². The van der Waals surface area contributed by atoms with Crippen molar-refractivity contribution >= 4 is 22.5 Å². The van der Waals surface area contributed by atoms with E-state index in [-0.39, 0.29) is 17.9 Å². The Morgan fingerprint density at radius 1 is 1.04 bits per heavy atom.